The maximum atomic E-state index is 3.83. The van der Waals surface area contributed by atoms with Crippen molar-refractivity contribution in [2.24, 2.45) is 0 Å². The Bertz CT molecular complexity index is 421. The second kappa shape index (κ2) is 21.4. The Morgan fingerprint density at radius 3 is 1.75 bits per heavy atom. The molecule has 0 heterocycles. The zero-order valence-electron chi connectivity index (χ0n) is 17.7. The Kier molecular flexibility index (Phi) is 24.4. The Morgan fingerprint density at radius 2 is 1.38 bits per heavy atom. The Balaban J connectivity index is -0.000000309. The molecule has 0 heteroatoms. The van der Waals surface area contributed by atoms with Crippen LogP contribution >= 0.6 is 0 Å². The molecule has 0 saturated carbocycles. The van der Waals surface area contributed by atoms with Crippen molar-refractivity contribution >= 4 is 0 Å². The van der Waals surface area contributed by atoms with E-state index in [-0.39, 0.29) is 0 Å². The normalized spacial score (nSPS) is 13.4. The van der Waals surface area contributed by atoms with Crippen LogP contribution in [-0.2, 0) is 0 Å². The van der Waals surface area contributed by atoms with Crippen molar-refractivity contribution in [2.75, 3.05) is 0 Å². The molecule has 0 N–H and O–H groups in total. The van der Waals surface area contributed by atoms with Gasteiger partial charge in [-0.25, -0.2) is 0 Å². The van der Waals surface area contributed by atoms with E-state index in [1.54, 1.807) is 6.08 Å². The highest BCUT2D eigenvalue weighted by Crippen LogP contribution is 2.25. The van der Waals surface area contributed by atoms with Crippen LogP contribution in [0.2, 0.25) is 0 Å². The fourth-order valence-corrected chi connectivity index (χ4v) is 2.27. The standard InChI is InChI=1S/C11H16.C9H14.2C2H6/c1-3-7-11-9-6-5-8-10(11)4-2;1-5-6-9(4)7-8(2)3;2*1-2/h3-4,7H,2,5-6,8-9H2,1H3;5-7H,1H2,2-4H3;2*1-2H3/b7-3-;9-6-;;. The van der Waals surface area contributed by atoms with E-state index in [2.05, 4.69) is 59.1 Å². The summed E-state index contributed by atoms with van der Waals surface area (Å²) in [6, 6.07) is 0. The molecule has 0 fully saturated rings. The molecule has 0 amide bonds. The van der Waals surface area contributed by atoms with Crippen LogP contribution in [0, 0.1) is 0 Å². The van der Waals surface area contributed by atoms with Gasteiger partial charge in [0, 0.05) is 0 Å². The molecule has 0 nitrogen and oxygen atoms in total. The highest BCUT2D eigenvalue weighted by molar-refractivity contribution is 5.33. The average molecular weight is 331 g/mol. The molecule has 24 heavy (non-hydrogen) atoms. The van der Waals surface area contributed by atoms with Crippen LogP contribution in [0.1, 0.15) is 81.1 Å². The first-order valence-electron chi connectivity index (χ1n) is 9.46. The van der Waals surface area contributed by atoms with Gasteiger partial charge in [0.25, 0.3) is 0 Å². The van der Waals surface area contributed by atoms with Gasteiger partial charge in [0.05, 0.1) is 0 Å². The SMILES string of the molecule is C=C/C=C(/C)C=C(C)C.C=CC1=C(/C=C\C)CCCC1.CC.CC. The van der Waals surface area contributed by atoms with Crippen molar-refractivity contribution in [3.05, 3.63) is 71.9 Å². The Labute approximate surface area is 153 Å². The highest BCUT2D eigenvalue weighted by atomic mass is 14.1. The van der Waals surface area contributed by atoms with Crippen molar-refractivity contribution < 1.29 is 0 Å². The van der Waals surface area contributed by atoms with Gasteiger partial charge in [-0.1, -0.05) is 88.5 Å². The molecular weight excluding hydrogens is 288 g/mol. The molecule has 138 valence electrons. The van der Waals surface area contributed by atoms with Crippen LogP contribution in [0.5, 0.6) is 0 Å². The van der Waals surface area contributed by atoms with E-state index in [1.807, 2.05) is 39.8 Å². The maximum absolute atomic E-state index is 3.83. The van der Waals surface area contributed by atoms with E-state index in [9.17, 15) is 0 Å². The van der Waals surface area contributed by atoms with Crippen LogP contribution in [0.3, 0.4) is 0 Å². The monoisotopic (exact) mass is 330 g/mol. The lowest BCUT2D eigenvalue weighted by Gasteiger charge is -2.14. The van der Waals surface area contributed by atoms with Crippen molar-refractivity contribution in [3.8, 4) is 0 Å². The molecule has 1 rings (SSSR count). The van der Waals surface area contributed by atoms with Crippen molar-refractivity contribution in [3.63, 3.8) is 0 Å². The van der Waals surface area contributed by atoms with Gasteiger partial charge < -0.3 is 0 Å². The highest BCUT2D eigenvalue weighted by Gasteiger charge is 2.06. The molecular formula is C24H42. The predicted octanol–water partition coefficient (Wildman–Crippen LogP) is 8.76. The van der Waals surface area contributed by atoms with Gasteiger partial charge in [-0.3, -0.25) is 0 Å². The van der Waals surface area contributed by atoms with Gasteiger partial charge in [-0.15, -0.1) is 0 Å². The van der Waals surface area contributed by atoms with Crippen LogP contribution in [0.15, 0.2) is 71.9 Å². The Hall–Kier alpha value is -1.56. The fraction of sp³-hybridized carbons (Fsp3) is 0.500. The van der Waals surface area contributed by atoms with Crippen LogP contribution in [0.4, 0.5) is 0 Å². The van der Waals surface area contributed by atoms with Crippen molar-refractivity contribution in [1.82, 2.24) is 0 Å². The lowest BCUT2D eigenvalue weighted by atomic mass is 9.91. The second-order valence-corrected chi connectivity index (χ2v) is 5.33. The predicted molar refractivity (Wildman–Crippen MR) is 117 cm³/mol. The van der Waals surface area contributed by atoms with Crippen LogP contribution in [0.25, 0.3) is 0 Å². The summed E-state index contributed by atoms with van der Waals surface area (Å²) in [6.45, 7) is 23.7. The zero-order chi connectivity index (χ0) is 19.4. The number of hydrogen-bond donors (Lipinski definition) is 0. The summed E-state index contributed by atoms with van der Waals surface area (Å²) in [4.78, 5) is 0. The lowest BCUT2D eigenvalue weighted by molar-refractivity contribution is 0.693. The van der Waals surface area contributed by atoms with Crippen molar-refractivity contribution in [2.45, 2.75) is 81.1 Å². The quantitative estimate of drug-likeness (QED) is 0.452. The molecule has 0 bridgehead atoms. The molecule has 0 unspecified atom stereocenters. The molecule has 0 saturated heterocycles. The van der Waals surface area contributed by atoms with Gasteiger partial charge in [-0.05, 0) is 64.5 Å². The van der Waals surface area contributed by atoms with E-state index < -0.39 is 0 Å². The fourth-order valence-electron chi connectivity index (χ4n) is 2.27. The average Bonchev–Trinajstić information content (AvgIpc) is 2.59. The van der Waals surface area contributed by atoms with E-state index >= 15 is 0 Å². The molecule has 0 radical (unpaired) electrons. The summed E-state index contributed by atoms with van der Waals surface area (Å²) in [7, 11) is 0. The summed E-state index contributed by atoms with van der Waals surface area (Å²) >= 11 is 0. The minimum atomic E-state index is 1.23. The first kappa shape index (κ1) is 27.3. The summed E-state index contributed by atoms with van der Waals surface area (Å²) in [6.07, 6.45) is 17.4. The van der Waals surface area contributed by atoms with Gasteiger partial charge in [0.15, 0.2) is 0 Å². The zero-order valence-corrected chi connectivity index (χ0v) is 17.7. The second-order valence-electron chi connectivity index (χ2n) is 5.33. The van der Waals surface area contributed by atoms with E-state index in [1.165, 1.54) is 48.0 Å². The molecule has 0 aliphatic heterocycles. The molecule has 1 aliphatic rings. The third-order valence-electron chi connectivity index (χ3n) is 3.07. The number of hydrogen-bond acceptors (Lipinski definition) is 0. The van der Waals surface area contributed by atoms with Gasteiger partial charge in [0.2, 0.25) is 0 Å². The summed E-state index contributed by atoms with van der Waals surface area (Å²) < 4.78 is 0. The first-order chi connectivity index (χ1) is 11.5. The van der Waals surface area contributed by atoms with Crippen LogP contribution in [-0.4, -0.2) is 0 Å². The van der Waals surface area contributed by atoms with E-state index in [0.717, 1.165) is 0 Å². The summed E-state index contributed by atoms with van der Waals surface area (Å²) in [5, 5.41) is 0. The molecule has 0 atom stereocenters. The van der Waals surface area contributed by atoms with Crippen molar-refractivity contribution in [1.29, 1.82) is 0 Å². The first-order valence-corrected chi connectivity index (χ1v) is 9.46. The van der Waals surface area contributed by atoms with E-state index in [0.29, 0.717) is 0 Å². The molecule has 0 aromatic rings. The third-order valence-corrected chi connectivity index (χ3v) is 3.07. The smallest absolute Gasteiger partial charge is 0.0276 e. The minimum absolute atomic E-state index is 1.23. The lowest BCUT2D eigenvalue weighted by Crippen LogP contribution is -1.95. The summed E-state index contributed by atoms with van der Waals surface area (Å²) in [5.74, 6) is 0. The van der Waals surface area contributed by atoms with Gasteiger partial charge in [0.1, 0.15) is 0 Å². The molecule has 1 aliphatic carbocycles. The van der Waals surface area contributed by atoms with Gasteiger partial charge >= 0.3 is 0 Å². The topological polar surface area (TPSA) is 0 Å². The summed E-state index contributed by atoms with van der Waals surface area (Å²) in [5.41, 5.74) is 5.53. The number of rotatable bonds is 4. The van der Waals surface area contributed by atoms with E-state index in [4.69, 9.17) is 0 Å². The molecule has 0 aromatic carbocycles. The number of allylic oxidation sites excluding steroid dienone is 10. The largest absolute Gasteiger partial charge is 0.0991 e. The third kappa shape index (κ3) is 16.8. The Morgan fingerprint density at radius 1 is 0.875 bits per heavy atom. The molecule has 0 spiro atoms. The molecule has 0 aromatic heterocycles. The maximum Gasteiger partial charge on any atom is -0.0276 e. The van der Waals surface area contributed by atoms with Gasteiger partial charge in [-0.2, -0.15) is 0 Å². The van der Waals surface area contributed by atoms with Crippen LogP contribution < -0.4 is 0 Å². The minimum Gasteiger partial charge on any atom is -0.0991 e.